The standard InChI is InChI=1S/C25H30F8/c1-2-6-15-9-11-17(12-10-15)21(27)23(29)19-14-13-18(24(30,31)25(19,32)33)22(28)20(26)16-7-4-3-5-8-16/h13-17H,2-12H2,1H3/b22-20+,23-21+. The van der Waals surface area contributed by atoms with Crippen molar-refractivity contribution in [2.24, 2.45) is 17.8 Å². The highest BCUT2D eigenvalue weighted by Gasteiger charge is 2.64. The van der Waals surface area contributed by atoms with Gasteiger partial charge in [-0.1, -0.05) is 39.0 Å². The molecule has 0 N–H and O–H groups in total. The Labute approximate surface area is 189 Å². The Bertz CT molecular complexity index is 834. The van der Waals surface area contributed by atoms with Crippen molar-refractivity contribution in [2.45, 2.75) is 89.4 Å². The van der Waals surface area contributed by atoms with E-state index in [1.165, 1.54) is 0 Å². The summed E-state index contributed by atoms with van der Waals surface area (Å²) in [6.07, 6.45) is 6.48. The molecule has 3 aliphatic carbocycles. The first kappa shape index (κ1) is 26.0. The van der Waals surface area contributed by atoms with E-state index >= 15 is 0 Å². The van der Waals surface area contributed by atoms with Gasteiger partial charge in [0.2, 0.25) is 0 Å². The van der Waals surface area contributed by atoms with Gasteiger partial charge in [-0.15, -0.1) is 0 Å². The molecule has 0 atom stereocenters. The highest BCUT2D eigenvalue weighted by atomic mass is 19.3. The lowest BCUT2D eigenvalue weighted by atomic mass is 9.78. The summed E-state index contributed by atoms with van der Waals surface area (Å²) < 4.78 is 117. The minimum absolute atomic E-state index is 0.235. The van der Waals surface area contributed by atoms with Gasteiger partial charge < -0.3 is 0 Å². The second kappa shape index (κ2) is 10.3. The third-order valence-corrected chi connectivity index (χ3v) is 7.25. The van der Waals surface area contributed by atoms with E-state index in [4.69, 9.17) is 0 Å². The molecule has 0 bridgehead atoms. The fourth-order valence-corrected chi connectivity index (χ4v) is 5.22. The molecule has 186 valence electrons. The summed E-state index contributed by atoms with van der Waals surface area (Å²) in [5.74, 6) is -19.1. The lowest BCUT2D eigenvalue weighted by Gasteiger charge is -2.33. The number of alkyl halides is 4. The Morgan fingerprint density at radius 1 is 0.697 bits per heavy atom. The van der Waals surface area contributed by atoms with E-state index in [0.29, 0.717) is 31.6 Å². The van der Waals surface area contributed by atoms with Crippen LogP contribution in [-0.4, -0.2) is 11.8 Å². The van der Waals surface area contributed by atoms with E-state index in [-0.39, 0.29) is 37.8 Å². The van der Waals surface area contributed by atoms with Gasteiger partial charge in [-0.25, -0.2) is 17.6 Å². The van der Waals surface area contributed by atoms with Gasteiger partial charge in [0.1, 0.15) is 11.7 Å². The molecule has 0 spiro atoms. The highest BCUT2D eigenvalue weighted by Crippen LogP contribution is 2.53. The van der Waals surface area contributed by atoms with Gasteiger partial charge >= 0.3 is 11.8 Å². The van der Waals surface area contributed by atoms with Gasteiger partial charge in [-0.2, -0.15) is 17.6 Å². The number of hydrogen-bond acceptors (Lipinski definition) is 0. The summed E-state index contributed by atoms with van der Waals surface area (Å²) in [4.78, 5) is 0. The first-order valence-corrected chi connectivity index (χ1v) is 11.8. The Morgan fingerprint density at radius 2 is 1.12 bits per heavy atom. The first-order chi connectivity index (χ1) is 15.5. The molecule has 0 amide bonds. The van der Waals surface area contributed by atoms with E-state index in [1.807, 2.05) is 6.92 Å². The third-order valence-electron chi connectivity index (χ3n) is 7.25. The molecule has 0 aliphatic heterocycles. The second-order valence-electron chi connectivity index (χ2n) is 9.47. The Hall–Kier alpha value is -1.60. The van der Waals surface area contributed by atoms with Crippen LogP contribution in [0.5, 0.6) is 0 Å². The quantitative estimate of drug-likeness (QED) is 0.331. The zero-order chi connectivity index (χ0) is 24.4. The maximum absolute atomic E-state index is 14.7. The van der Waals surface area contributed by atoms with Gasteiger partial charge in [-0.3, -0.25) is 0 Å². The molecule has 33 heavy (non-hydrogen) atoms. The molecule has 8 heteroatoms. The molecule has 2 fully saturated rings. The molecule has 0 aromatic rings. The number of allylic oxidation sites excluding steroid dienone is 8. The molecule has 0 aromatic heterocycles. The molecule has 2 saturated carbocycles. The van der Waals surface area contributed by atoms with E-state index in [0.717, 1.165) is 19.3 Å². The maximum Gasteiger partial charge on any atom is 0.342 e. The lowest BCUT2D eigenvalue weighted by molar-refractivity contribution is -0.162. The zero-order valence-electron chi connectivity index (χ0n) is 18.7. The van der Waals surface area contributed by atoms with Crippen LogP contribution in [0.2, 0.25) is 0 Å². The topological polar surface area (TPSA) is 0 Å². The van der Waals surface area contributed by atoms with Crippen LogP contribution < -0.4 is 0 Å². The molecule has 3 aliphatic rings. The Balaban J connectivity index is 1.91. The largest absolute Gasteiger partial charge is 0.342 e. The summed E-state index contributed by atoms with van der Waals surface area (Å²) >= 11 is 0. The van der Waals surface area contributed by atoms with E-state index < -0.39 is 58.1 Å². The molecular formula is C25H30F8. The Morgan fingerprint density at radius 3 is 1.55 bits per heavy atom. The zero-order valence-corrected chi connectivity index (χ0v) is 18.7. The fraction of sp³-hybridized carbons (Fsp3) is 0.680. The minimum atomic E-state index is -5.23. The van der Waals surface area contributed by atoms with Gasteiger partial charge in [0.15, 0.2) is 11.7 Å². The van der Waals surface area contributed by atoms with Crippen molar-refractivity contribution >= 4 is 0 Å². The Kier molecular flexibility index (Phi) is 8.15. The van der Waals surface area contributed by atoms with Gasteiger partial charge in [-0.05, 0) is 56.6 Å². The summed E-state index contributed by atoms with van der Waals surface area (Å²) in [5, 5.41) is 0. The smallest absolute Gasteiger partial charge is 0.208 e. The molecule has 0 unspecified atom stereocenters. The van der Waals surface area contributed by atoms with Gasteiger partial charge in [0, 0.05) is 11.8 Å². The molecule has 0 aromatic carbocycles. The van der Waals surface area contributed by atoms with Crippen LogP contribution in [0.4, 0.5) is 35.1 Å². The van der Waals surface area contributed by atoms with Crippen molar-refractivity contribution < 1.29 is 35.1 Å². The van der Waals surface area contributed by atoms with E-state index in [9.17, 15) is 35.1 Å². The number of hydrogen-bond donors (Lipinski definition) is 0. The monoisotopic (exact) mass is 482 g/mol. The van der Waals surface area contributed by atoms with Gasteiger partial charge in [0.05, 0.1) is 11.1 Å². The van der Waals surface area contributed by atoms with Crippen molar-refractivity contribution in [1.29, 1.82) is 0 Å². The number of halogens is 8. The molecule has 0 radical (unpaired) electrons. The number of rotatable bonds is 6. The molecule has 0 saturated heterocycles. The predicted molar refractivity (Wildman–Crippen MR) is 111 cm³/mol. The van der Waals surface area contributed by atoms with E-state index in [1.54, 1.807) is 0 Å². The second-order valence-corrected chi connectivity index (χ2v) is 9.47. The summed E-state index contributed by atoms with van der Waals surface area (Å²) in [5.41, 5.74) is -3.68. The van der Waals surface area contributed by atoms with Crippen LogP contribution in [0.25, 0.3) is 0 Å². The van der Waals surface area contributed by atoms with Crippen molar-refractivity contribution in [3.63, 3.8) is 0 Å². The lowest BCUT2D eigenvalue weighted by Crippen LogP contribution is -2.46. The van der Waals surface area contributed by atoms with Crippen LogP contribution in [0, 0.1) is 17.8 Å². The third kappa shape index (κ3) is 5.09. The maximum atomic E-state index is 14.7. The average Bonchev–Trinajstić information content (AvgIpc) is 2.80. The average molecular weight is 482 g/mol. The summed E-state index contributed by atoms with van der Waals surface area (Å²) in [6.45, 7) is 2.00. The van der Waals surface area contributed by atoms with Crippen molar-refractivity contribution in [2.75, 3.05) is 0 Å². The molecule has 3 rings (SSSR count). The van der Waals surface area contributed by atoms with Crippen LogP contribution in [-0.2, 0) is 0 Å². The summed E-state index contributed by atoms with van der Waals surface area (Å²) in [7, 11) is 0. The van der Waals surface area contributed by atoms with Crippen molar-refractivity contribution in [1.82, 2.24) is 0 Å². The predicted octanol–water partition coefficient (Wildman–Crippen LogP) is 9.61. The van der Waals surface area contributed by atoms with E-state index in [2.05, 4.69) is 0 Å². The highest BCUT2D eigenvalue weighted by molar-refractivity contribution is 5.51. The van der Waals surface area contributed by atoms with Crippen LogP contribution >= 0.6 is 0 Å². The van der Waals surface area contributed by atoms with Crippen molar-refractivity contribution in [3.8, 4) is 0 Å². The summed E-state index contributed by atoms with van der Waals surface area (Å²) in [6, 6.07) is 0. The molecular weight excluding hydrogens is 452 g/mol. The van der Waals surface area contributed by atoms with Crippen LogP contribution in [0.15, 0.2) is 46.6 Å². The van der Waals surface area contributed by atoms with Crippen LogP contribution in [0.1, 0.15) is 77.6 Å². The SMILES string of the molecule is CCCC1CCC(/C(F)=C(\F)C2=CC=C(/C(F)=C(\F)C3CCCCC3)C(F)(F)C2(F)F)CC1. The van der Waals surface area contributed by atoms with Crippen LogP contribution in [0.3, 0.4) is 0 Å². The fourth-order valence-electron chi connectivity index (χ4n) is 5.22. The first-order valence-electron chi connectivity index (χ1n) is 11.8. The minimum Gasteiger partial charge on any atom is -0.208 e. The molecule has 0 heterocycles. The normalized spacial score (nSPS) is 29.6. The van der Waals surface area contributed by atoms with Gasteiger partial charge in [0.25, 0.3) is 0 Å². The van der Waals surface area contributed by atoms with Crippen molar-refractivity contribution in [3.05, 3.63) is 46.6 Å². The molecule has 0 nitrogen and oxygen atoms in total.